The highest BCUT2D eigenvalue weighted by atomic mass is 16.5. The Bertz CT molecular complexity index is 1560. The van der Waals surface area contributed by atoms with Crippen LogP contribution in [0.4, 0.5) is 0 Å². The van der Waals surface area contributed by atoms with Crippen molar-refractivity contribution < 1.29 is 33.5 Å². The fourth-order valence-corrected chi connectivity index (χ4v) is 7.73. The van der Waals surface area contributed by atoms with Gasteiger partial charge in [-0.1, -0.05) is 64.3 Å². The summed E-state index contributed by atoms with van der Waals surface area (Å²) in [6, 6.07) is 2.54. The average Bonchev–Trinajstić information content (AvgIpc) is 3.68. The van der Waals surface area contributed by atoms with Crippen LogP contribution < -0.4 is 48.1 Å². The first-order valence-electron chi connectivity index (χ1n) is 20.6. The fourth-order valence-electron chi connectivity index (χ4n) is 7.73. The van der Waals surface area contributed by atoms with Gasteiger partial charge in [0.1, 0.15) is 36.0 Å². The van der Waals surface area contributed by atoms with Gasteiger partial charge in [-0.2, -0.15) is 0 Å². The molecule has 10 N–H and O–H groups in total. The number of rotatable bonds is 13. The molecule has 2 fully saturated rings. The van der Waals surface area contributed by atoms with Crippen LogP contribution in [0.25, 0.3) is 6.08 Å². The zero-order valence-corrected chi connectivity index (χ0v) is 33.9. The van der Waals surface area contributed by atoms with Gasteiger partial charge in [-0.05, 0) is 86.9 Å². The highest BCUT2D eigenvalue weighted by molar-refractivity contribution is 5.96. The number of hydrogen-bond acceptors (Lipinski definition) is 10. The second kappa shape index (κ2) is 22.4. The minimum Gasteiger partial charge on any atom is -0.494 e. The first kappa shape index (κ1) is 45.2. The Kier molecular flexibility index (Phi) is 17.8. The van der Waals surface area contributed by atoms with Crippen molar-refractivity contribution in [3.63, 3.8) is 0 Å². The summed E-state index contributed by atoms with van der Waals surface area (Å²) in [5, 5.41) is 17.7. The molecule has 1 saturated carbocycles. The number of nitrogens with zero attached hydrogens (tertiary/aromatic N) is 1. The van der Waals surface area contributed by atoms with E-state index in [9.17, 15) is 28.8 Å². The summed E-state index contributed by atoms with van der Waals surface area (Å²) >= 11 is 0. The molecule has 1 aliphatic carbocycles. The van der Waals surface area contributed by atoms with Crippen LogP contribution in [0.1, 0.15) is 103 Å². The van der Waals surface area contributed by atoms with Gasteiger partial charge in [0, 0.05) is 26.3 Å². The third-order valence-electron chi connectivity index (χ3n) is 10.9. The highest BCUT2D eigenvalue weighted by Gasteiger charge is 2.39. The maximum atomic E-state index is 14.4. The minimum atomic E-state index is -1.14. The molecule has 2 aliphatic heterocycles. The van der Waals surface area contributed by atoms with E-state index < -0.39 is 59.3 Å². The van der Waals surface area contributed by atoms with Gasteiger partial charge >= 0.3 is 0 Å². The molecule has 0 aromatic heterocycles. The van der Waals surface area contributed by atoms with Gasteiger partial charge in [-0.25, -0.2) is 0 Å². The van der Waals surface area contributed by atoms with Crippen molar-refractivity contribution in [2.45, 2.75) is 128 Å². The summed E-state index contributed by atoms with van der Waals surface area (Å²) in [6.07, 6.45) is 10.5. The third-order valence-corrected chi connectivity index (χ3v) is 10.9. The molecule has 6 amide bonds. The fraction of sp³-hybridized carbons (Fsp3) is 0.659. The predicted molar refractivity (Wildman–Crippen MR) is 217 cm³/mol. The van der Waals surface area contributed by atoms with Gasteiger partial charge in [-0.15, -0.1) is 0 Å². The molecule has 3 aliphatic rings. The molecule has 4 rings (SSSR count). The lowest BCUT2D eigenvalue weighted by molar-refractivity contribution is -0.140. The lowest BCUT2D eigenvalue weighted by Gasteiger charge is -2.33. The molecule has 0 radical (unpaired) electrons. The summed E-state index contributed by atoms with van der Waals surface area (Å²) in [7, 11) is 0. The molecule has 16 heteroatoms. The monoisotopic (exact) mass is 796 g/mol. The van der Waals surface area contributed by atoms with Crippen molar-refractivity contribution in [3.8, 4) is 5.75 Å². The number of nitrogens with two attached hydrogens (primary N) is 2. The Hall–Kier alpha value is -4.54. The molecule has 316 valence electrons. The Morgan fingerprint density at radius 1 is 0.965 bits per heavy atom. The van der Waals surface area contributed by atoms with Crippen LogP contribution in [0.3, 0.4) is 0 Å². The van der Waals surface area contributed by atoms with Gasteiger partial charge in [0.05, 0.1) is 6.61 Å². The molecule has 1 saturated heterocycles. The van der Waals surface area contributed by atoms with Crippen molar-refractivity contribution in [3.05, 3.63) is 35.9 Å². The van der Waals surface area contributed by atoms with E-state index in [-0.39, 0.29) is 37.0 Å². The van der Waals surface area contributed by atoms with Crippen LogP contribution in [0.5, 0.6) is 5.75 Å². The van der Waals surface area contributed by atoms with Crippen LogP contribution in [-0.2, 0) is 28.8 Å². The van der Waals surface area contributed by atoms with Crippen molar-refractivity contribution in [2.24, 2.45) is 22.8 Å². The van der Waals surface area contributed by atoms with Crippen LogP contribution in [0, 0.1) is 11.3 Å². The van der Waals surface area contributed by atoms with E-state index >= 15 is 0 Å². The maximum absolute atomic E-state index is 14.4. The SMILES string of the molecule is CC(C)(C)[C@H](NC(=O)[C@H](CCCNCNCN)NC(=O)[C@@H]1C/C=C/c2cccc(c2)OCCCC(=O)N2CCC[C@H]2C(=O)N[C@@H](C2CCCCC2)C(=O)N1)C(N)=O. The molecule has 5 atom stereocenters. The summed E-state index contributed by atoms with van der Waals surface area (Å²) < 4.78 is 5.95. The van der Waals surface area contributed by atoms with E-state index in [1.807, 2.05) is 30.3 Å². The van der Waals surface area contributed by atoms with E-state index in [0.717, 1.165) is 37.7 Å². The van der Waals surface area contributed by atoms with Crippen molar-refractivity contribution in [1.29, 1.82) is 0 Å². The van der Waals surface area contributed by atoms with Crippen LogP contribution in [0.2, 0.25) is 0 Å². The van der Waals surface area contributed by atoms with E-state index in [1.165, 1.54) is 0 Å². The lowest BCUT2D eigenvalue weighted by atomic mass is 9.83. The zero-order chi connectivity index (χ0) is 41.4. The second-order valence-electron chi connectivity index (χ2n) is 16.4. The number of hydrogen-bond donors (Lipinski definition) is 8. The summed E-state index contributed by atoms with van der Waals surface area (Å²) in [4.78, 5) is 83.7. The molecule has 2 bridgehead atoms. The quantitative estimate of drug-likeness (QED) is 0.105. The standard InChI is InChI=1S/C41H65N9O7/c1-41(2,3)35(36(43)52)49-38(54)31(18-9-21-44-26-45-25-42)46-37(53)30-17-8-13-27-12-7-16-29(24-27)57-23-11-20-33(51)50-22-10-19-32(50)39(55)48-34(40(56)47-30)28-14-5-4-6-15-28/h7-8,12-13,16,24,28,30-32,34-35,44-45H,4-6,9-11,14-15,17-23,25-26,42H2,1-3H3,(H2,43,52)(H,46,53)(H,47,56)(H,48,55)(H,49,54)/b13-8+/t30-,31-,32-,34-,35+/m0/s1. The number of carbonyl (C=O) groups excluding carboxylic acids is 6. The number of nitrogens with one attached hydrogen (secondary N) is 6. The van der Waals surface area contributed by atoms with E-state index in [2.05, 4.69) is 31.9 Å². The van der Waals surface area contributed by atoms with E-state index in [4.69, 9.17) is 16.2 Å². The molecule has 16 nitrogen and oxygen atoms in total. The number of fused-ring (bicyclic) bond motifs is 3. The van der Waals surface area contributed by atoms with Crippen molar-refractivity contribution >= 4 is 41.5 Å². The molecular formula is C41H65N9O7. The first-order valence-corrected chi connectivity index (χ1v) is 20.6. The number of primary amides is 1. The molecule has 0 spiro atoms. The zero-order valence-electron chi connectivity index (χ0n) is 33.9. The van der Waals surface area contributed by atoms with Gasteiger partial charge in [0.15, 0.2) is 0 Å². The van der Waals surface area contributed by atoms with Gasteiger partial charge in [0.2, 0.25) is 35.4 Å². The predicted octanol–water partition coefficient (Wildman–Crippen LogP) is 1.14. The summed E-state index contributed by atoms with van der Waals surface area (Å²) in [5.74, 6) is -2.47. The maximum Gasteiger partial charge on any atom is 0.243 e. The number of carbonyl (C=O) groups is 6. The van der Waals surface area contributed by atoms with E-state index in [0.29, 0.717) is 64.5 Å². The minimum absolute atomic E-state index is 0.0610. The Morgan fingerprint density at radius 2 is 1.74 bits per heavy atom. The Balaban J connectivity index is 1.64. The molecule has 0 unspecified atom stereocenters. The Morgan fingerprint density at radius 3 is 2.46 bits per heavy atom. The van der Waals surface area contributed by atoms with Crippen molar-refractivity contribution in [2.75, 3.05) is 33.0 Å². The summed E-state index contributed by atoms with van der Waals surface area (Å²) in [6.45, 7) is 7.37. The average molecular weight is 796 g/mol. The van der Waals surface area contributed by atoms with Gasteiger partial charge in [0.25, 0.3) is 0 Å². The molecule has 2 heterocycles. The number of ether oxygens (including phenoxy) is 1. The van der Waals surface area contributed by atoms with Crippen LogP contribution >= 0.6 is 0 Å². The summed E-state index contributed by atoms with van der Waals surface area (Å²) in [5.41, 5.74) is 11.3. The number of amides is 6. The Labute approximate surface area is 336 Å². The normalized spacial score (nSPS) is 23.3. The third kappa shape index (κ3) is 14.1. The molecular weight excluding hydrogens is 731 g/mol. The van der Waals surface area contributed by atoms with E-state index in [1.54, 1.807) is 31.7 Å². The molecule has 1 aromatic carbocycles. The first-order chi connectivity index (χ1) is 27.3. The smallest absolute Gasteiger partial charge is 0.243 e. The second-order valence-corrected chi connectivity index (χ2v) is 16.4. The van der Waals surface area contributed by atoms with Crippen molar-refractivity contribution in [1.82, 2.24) is 36.8 Å². The topological polar surface area (TPSA) is 239 Å². The van der Waals surface area contributed by atoms with Crippen LogP contribution in [0.15, 0.2) is 30.3 Å². The highest BCUT2D eigenvalue weighted by Crippen LogP contribution is 2.28. The van der Waals surface area contributed by atoms with Gasteiger partial charge < -0.3 is 47.7 Å². The lowest BCUT2D eigenvalue weighted by Crippen LogP contribution is -2.61. The largest absolute Gasteiger partial charge is 0.494 e. The van der Waals surface area contributed by atoms with Gasteiger partial charge in [-0.3, -0.25) is 34.1 Å². The number of benzene rings is 1. The van der Waals surface area contributed by atoms with Crippen LogP contribution in [-0.4, -0.2) is 104 Å². The molecule has 1 aromatic rings. The molecule has 57 heavy (non-hydrogen) atoms.